The molecule has 12 heteroatoms. The molecule has 2 heterocycles. The Morgan fingerprint density at radius 3 is 2.11 bits per heavy atom. The minimum atomic E-state index is -3.95. The normalized spacial score (nSPS) is 11.1. The predicted molar refractivity (Wildman–Crippen MR) is 172 cm³/mol. The number of nitrogens with zero attached hydrogens (tertiary/aromatic N) is 3. The fraction of sp³-hybridized carbons (Fsp3) is 0. The van der Waals surface area contributed by atoms with Gasteiger partial charge in [0.2, 0.25) is 9.84 Å². The molecule has 0 aliphatic carbocycles. The molecule has 45 heavy (non-hydrogen) atoms. The van der Waals surface area contributed by atoms with E-state index in [4.69, 9.17) is 0 Å². The summed E-state index contributed by atoms with van der Waals surface area (Å²) in [6.07, 6.45) is 4.99. The van der Waals surface area contributed by atoms with Crippen LogP contribution in [0.3, 0.4) is 0 Å². The predicted octanol–water partition coefficient (Wildman–Crippen LogP) is 7.11. The number of hydrogen-bond donors (Lipinski definition) is 3. The van der Waals surface area contributed by atoms with Crippen LogP contribution in [0.25, 0.3) is 10.9 Å². The van der Waals surface area contributed by atoms with E-state index in [2.05, 4.69) is 25.9 Å². The van der Waals surface area contributed by atoms with Crippen molar-refractivity contribution in [2.24, 2.45) is 0 Å². The van der Waals surface area contributed by atoms with Crippen molar-refractivity contribution >= 4 is 60.8 Å². The number of anilines is 5. The van der Waals surface area contributed by atoms with Crippen molar-refractivity contribution < 1.29 is 18.1 Å². The molecule has 11 nitrogen and oxygen atoms in total. The highest BCUT2D eigenvalue weighted by Gasteiger charge is 2.20. The van der Waals surface area contributed by atoms with Gasteiger partial charge in [0.05, 0.1) is 20.2 Å². The van der Waals surface area contributed by atoms with Gasteiger partial charge in [-0.25, -0.2) is 8.42 Å². The van der Waals surface area contributed by atoms with Gasteiger partial charge in [0, 0.05) is 70.1 Å². The molecule has 0 saturated carbocycles. The van der Waals surface area contributed by atoms with Gasteiger partial charge in [-0.05, 0) is 91.0 Å². The number of benzene rings is 4. The van der Waals surface area contributed by atoms with E-state index in [9.17, 15) is 23.3 Å². The van der Waals surface area contributed by atoms with E-state index in [1.807, 2.05) is 30.3 Å². The second kappa shape index (κ2) is 12.2. The molecular weight excluding hydrogens is 592 g/mol. The van der Waals surface area contributed by atoms with E-state index >= 15 is 0 Å². The Morgan fingerprint density at radius 2 is 1.38 bits per heavy atom. The number of non-ortho nitro benzene ring substituents is 1. The van der Waals surface area contributed by atoms with E-state index in [1.54, 1.807) is 61.1 Å². The van der Waals surface area contributed by atoms with Crippen LogP contribution in [0.5, 0.6) is 0 Å². The maximum absolute atomic E-state index is 13.3. The molecule has 4 aromatic carbocycles. The summed E-state index contributed by atoms with van der Waals surface area (Å²) < 4.78 is 26.6. The van der Waals surface area contributed by atoms with E-state index in [0.717, 1.165) is 23.5 Å². The van der Waals surface area contributed by atoms with Gasteiger partial charge in [-0.1, -0.05) is 6.07 Å². The second-order valence-corrected chi connectivity index (χ2v) is 11.8. The number of carbonyl (C=O) groups excluding carboxylic acids is 1. The molecule has 222 valence electrons. The number of carbonyl (C=O) groups is 1. The maximum atomic E-state index is 13.3. The van der Waals surface area contributed by atoms with Crippen LogP contribution in [0.15, 0.2) is 138 Å². The van der Waals surface area contributed by atoms with Crippen LogP contribution in [0, 0.1) is 10.1 Å². The first kappa shape index (κ1) is 29.0. The third kappa shape index (κ3) is 6.45. The minimum absolute atomic E-state index is 0.0203. The first-order valence-electron chi connectivity index (χ1n) is 13.6. The Balaban J connectivity index is 1.18. The third-order valence-corrected chi connectivity index (χ3v) is 8.66. The minimum Gasteiger partial charge on any atom is -0.355 e. The quantitative estimate of drug-likeness (QED) is 0.114. The topological polar surface area (TPSA) is 156 Å². The van der Waals surface area contributed by atoms with Crippen LogP contribution in [0.4, 0.5) is 34.1 Å². The molecule has 0 radical (unpaired) electrons. The lowest BCUT2D eigenvalue weighted by atomic mass is 10.1. The molecule has 0 aliphatic rings. The first-order valence-corrected chi connectivity index (χ1v) is 15.1. The molecule has 6 rings (SSSR count). The standard InChI is InChI=1S/C33H24N6O5S/c40-33(38-26-3-1-2-25(20-26)36-24-14-17-34-18-15-24)22-4-6-23(7-5-22)37-32-16-19-35-31-13-12-29(21-30(31)32)45(43,44)28-10-8-27(9-11-28)39(41)42/h1-21H,(H,34,36)(H,35,37)(H,38,40). The highest BCUT2D eigenvalue weighted by atomic mass is 32.2. The summed E-state index contributed by atoms with van der Waals surface area (Å²) in [5.74, 6) is -0.280. The molecular formula is C33H24N6O5S. The van der Waals surface area contributed by atoms with Gasteiger partial charge in [-0.2, -0.15) is 0 Å². The van der Waals surface area contributed by atoms with Gasteiger partial charge in [0.15, 0.2) is 0 Å². The van der Waals surface area contributed by atoms with Gasteiger partial charge < -0.3 is 16.0 Å². The van der Waals surface area contributed by atoms with Crippen molar-refractivity contribution in [1.29, 1.82) is 0 Å². The smallest absolute Gasteiger partial charge is 0.269 e. The fourth-order valence-electron chi connectivity index (χ4n) is 4.62. The van der Waals surface area contributed by atoms with Crippen molar-refractivity contribution in [3.8, 4) is 0 Å². The van der Waals surface area contributed by atoms with E-state index in [0.29, 0.717) is 33.5 Å². The summed E-state index contributed by atoms with van der Waals surface area (Å²) in [5, 5.41) is 21.0. The lowest BCUT2D eigenvalue weighted by Crippen LogP contribution is -2.11. The number of fused-ring (bicyclic) bond motifs is 1. The van der Waals surface area contributed by atoms with Crippen molar-refractivity contribution in [1.82, 2.24) is 9.97 Å². The molecule has 0 spiro atoms. The third-order valence-electron chi connectivity index (χ3n) is 6.90. The number of nitro groups is 1. The van der Waals surface area contributed by atoms with Crippen LogP contribution in [0.1, 0.15) is 10.4 Å². The Hall–Kier alpha value is -6.14. The first-order chi connectivity index (χ1) is 21.8. The molecule has 0 atom stereocenters. The van der Waals surface area contributed by atoms with E-state index in [1.165, 1.54) is 24.3 Å². The molecule has 2 aromatic heterocycles. The summed E-state index contributed by atoms with van der Waals surface area (Å²) >= 11 is 0. The van der Waals surface area contributed by atoms with Crippen LogP contribution < -0.4 is 16.0 Å². The van der Waals surface area contributed by atoms with Crippen molar-refractivity contribution in [3.05, 3.63) is 143 Å². The molecule has 0 bridgehead atoms. The summed E-state index contributed by atoms with van der Waals surface area (Å²) in [6.45, 7) is 0. The van der Waals surface area contributed by atoms with E-state index in [-0.39, 0.29) is 21.4 Å². The monoisotopic (exact) mass is 616 g/mol. The van der Waals surface area contributed by atoms with Crippen LogP contribution in [-0.4, -0.2) is 29.2 Å². The molecule has 3 N–H and O–H groups in total. The Labute approximate surface area is 257 Å². The lowest BCUT2D eigenvalue weighted by molar-refractivity contribution is -0.384. The van der Waals surface area contributed by atoms with Crippen LogP contribution >= 0.6 is 0 Å². The average Bonchev–Trinajstić information content (AvgIpc) is 3.05. The average molecular weight is 617 g/mol. The summed E-state index contributed by atoms with van der Waals surface area (Å²) in [4.78, 5) is 31.7. The van der Waals surface area contributed by atoms with E-state index < -0.39 is 14.8 Å². The van der Waals surface area contributed by atoms with Crippen molar-refractivity contribution in [3.63, 3.8) is 0 Å². The Morgan fingerprint density at radius 1 is 0.689 bits per heavy atom. The number of amides is 1. The largest absolute Gasteiger partial charge is 0.355 e. The fourth-order valence-corrected chi connectivity index (χ4v) is 5.91. The summed E-state index contributed by atoms with van der Waals surface area (Å²) in [6, 6.07) is 29.0. The Bertz CT molecular complexity index is 2140. The SMILES string of the molecule is O=C(Nc1cccc(Nc2ccncc2)c1)c1ccc(Nc2ccnc3ccc(S(=O)(=O)c4ccc([N+](=O)[O-])cc4)cc23)cc1. The van der Waals surface area contributed by atoms with Gasteiger partial charge in [-0.15, -0.1) is 0 Å². The van der Waals surface area contributed by atoms with Gasteiger partial charge in [0.25, 0.3) is 11.6 Å². The molecule has 6 aromatic rings. The van der Waals surface area contributed by atoms with Gasteiger partial charge in [-0.3, -0.25) is 24.9 Å². The highest BCUT2D eigenvalue weighted by Crippen LogP contribution is 2.30. The molecule has 0 fully saturated rings. The number of aromatic nitrogens is 2. The number of sulfone groups is 1. The number of pyridine rings is 2. The zero-order valence-corrected chi connectivity index (χ0v) is 24.2. The molecule has 0 aliphatic heterocycles. The number of nitrogens with one attached hydrogen (secondary N) is 3. The van der Waals surface area contributed by atoms with Crippen LogP contribution in [0.2, 0.25) is 0 Å². The Kier molecular flexibility index (Phi) is 7.87. The van der Waals surface area contributed by atoms with Gasteiger partial charge >= 0.3 is 0 Å². The zero-order valence-electron chi connectivity index (χ0n) is 23.4. The second-order valence-electron chi connectivity index (χ2n) is 9.89. The zero-order chi connectivity index (χ0) is 31.4. The van der Waals surface area contributed by atoms with Crippen molar-refractivity contribution in [2.75, 3.05) is 16.0 Å². The maximum Gasteiger partial charge on any atom is 0.269 e. The number of rotatable bonds is 9. The molecule has 0 saturated heterocycles. The van der Waals surface area contributed by atoms with Crippen molar-refractivity contribution in [2.45, 2.75) is 9.79 Å². The highest BCUT2D eigenvalue weighted by molar-refractivity contribution is 7.91. The summed E-state index contributed by atoms with van der Waals surface area (Å²) in [7, 11) is -3.95. The number of hydrogen-bond acceptors (Lipinski definition) is 9. The molecule has 1 amide bonds. The van der Waals surface area contributed by atoms with Crippen LogP contribution in [-0.2, 0) is 9.84 Å². The lowest BCUT2D eigenvalue weighted by Gasteiger charge is -2.12. The molecule has 0 unspecified atom stereocenters. The number of nitro benzene ring substituents is 1. The summed E-state index contributed by atoms with van der Waals surface area (Å²) in [5.41, 5.74) is 4.41. The van der Waals surface area contributed by atoms with Gasteiger partial charge in [0.1, 0.15) is 0 Å².